The predicted octanol–water partition coefficient (Wildman–Crippen LogP) is 6.58. The average Bonchev–Trinajstić information content (AvgIpc) is 3.12. The number of para-hydroxylation sites is 1. The first-order valence-electron chi connectivity index (χ1n) is 10.5. The van der Waals surface area contributed by atoms with Gasteiger partial charge in [-0.25, -0.2) is 4.57 Å². The summed E-state index contributed by atoms with van der Waals surface area (Å²) in [6, 6.07) is 24.5. The number of benzene rings is 4. The first-order chi connectivity index (χ1) is 14.7. The monoisotopic (exact) mass is 385 g/mol. The molecule has 2 heteroatoms. The molecule has 0 saturated heterocycles. The number of hydrogen-bond donors (Lipinski definition) is 0. The van der Waals surface area contributed by atoms with Crippen molar-refractivity contribution in [2.75, 3.05) is 0 Å². The third kappa shape index (κ3) is 1.70. The van der Waals surface area contributed by atoms with Gasteiger partial charge in [-0.15, -0.1) is 0 Å². The van der Waals surface area contributed by atoms with Crippen LogP contribution in [0.4, 0.5) is 0 Å². The van der Waals surface area contributed by atoms with Gasteiger partial charge in [0.1, 0.15) is 7.05 Å². The predicted molar refractivity (Wildman–Crippen MR) is 127 cm³/mol. The molecule has 3 aromatic heterocycles. The van der Waals surface area contributed by atoms with E-state index in [9.17, 15) is 0 Å². The van der Waals surface area contributed by atoms with E-state index in [4.69, 9.17) is 0 Å². The SMILES string of the molecule is Cc1c2ccccc2c(C)c2c1c1c3c(ccc4c5ccccc5n2c43)cc[n+]1C. The molecule has 0 atom stereocenters. The molecule has 7 rings (SSSR count). The van der Waals surface area contributed by atoms with E-state index in [0.717, 1.165) is 0 Å². The Morgan fingerprint density at radius 2 is 1.33 bits per heavy atom. The van der Waals surface area contributed by atoms with Crippen LogP contribution >= 0.6 is 0 Å². The summed E-state index contributed by atoms with van der Waals surface area (Å²) in [6.07, 6.45) is 2.20. The van der Waals surface area contributed by atoms with Gasteiger partial charge in [0.15, 0.2) is 6.20 Å². The third-order valence-corrected chi connectivity index (χ3v) is 7.10. The minimum atomic E-state index is 1.29. The Morgan fingerprint density at radius 1 is 0.633 bits per heavy atom. The summed E-state index contributed by atoms with van der Waals surface area (Å²) in [7, 11) is 2.18. The van der Waals surface area contributed by atoms with Crippen molar-refractivity contribution in [3.63, 3.8) is 0 Å². The van der Waals surface area contributed by atoms with Crippen LogP contribution < -0.4 is 4.57 Å². The maximum Gasteiger partial charge on any atom is 0.224 e. The van der Waals surface area contributed by atoms with E-state index in [0.29, 0.717) is 0 Å². The van der Waals surface area contributed by atoms with Crippen molar-refractivity contribution in [1.29, 1.82) is 0 Å². The summed E-state index contributed by atoms with van der Waals surface area (Å²) in [6.45, 7) is 4.57. The second kappa shape index (κ2) is 5.28. The van der Waals surface area contributed by atoms with Crippen LogP contribution in [0.2, 0.25) is 0 Å². The smallest absolute Gasteiger partial charge is 0.224 e. The lowest BCUT2D eigenvalue weighted by molar-refractivity contribution is -0.643. The van der Waals surface area contributed by atoms with Crippen molar-refractivity contribution in [3.05, 3.63) is 84.1 Å². The van der Waals surface area contributed by atoms with Crippen LogP contribution in [-0.4, -0.2) is 4.40 Å². The molecule has 0 radical (unpaired) electrons. The Bertz CT molecular complexity index is 1820. The van der Waals surface area contributed by atoms with Crippen molar-refractivity contribution in [2.24, 2.45) is 7.05 Å². The van der Waals surface area contributed by atoms with Crippen molar-refractivity contribution >= 4 is 59.8 Å². The highest BCUT2D eigenvalue weighted by atomic mass is 15.0. The van der Waals surface area contributed by atoms with E-state index in [1.807, 2.05) is 0 Å². The number of aryl methyl sites for hydroxylation is 3. The van der Waals surface area contributed by atoms with Gasteiger partial charge in [-0.1, -0.05) is 54.6 Å². The van der Waals surface area contributed by atoms with Crippen molar-refractivity contribution < 1.29 is 4.57 Å². The lowest BCUT2D eigenvalue weighted by Gasteiger charge is -2.17. The normalized spacial score (nSPS) is 12.5. The summed E-state index contributed by atoms with van der Waals surface area (Å²) in [5.41, 5.74) is 7.99. The summed E-state index contributed by atoms with van der Waals surface area (Å²) in [5, 5.41) is 9.37. The Hall–Kier alpha value is -3.65. The Balaban J connectivity index is 2.02. The quantitative estimate of drug-likeness (QED) is 0.158. The molecule has 0 amide bonds. The second-order valence-corrected chi connectivity index (χ2v) is 8.57. The van der Waals surface area contributed by atoms with E-state index >= 15 is 0 Å². The highest BCUT2D eigenvalue weighted by Gasteiger charge is 2.25. The van der Waals surface area contributed by atoms with Gasteiger partial charge in [0, 0.05) is 16.8 Å². The molecule has 0 aliphatic heterocycles. The van der Waals surface area contributed by atoms with Crippen LogP contribution in [0.25, 0.3) is 59.8 Å². The summed E-state index contributed by atoms with van der Waals surface area (Å²) >= 11 is 0. The zero-order chi connectivity index (χ0) is 20.1. The lowest BCUT2D eigenvalue weighted by Crippen LogP contribution is -2.29. The zero-order valence-electron chi connectivity index (χ0n) is 17.3. The number of pyridine rings is 2. The van der Waals surface area contributed by atoms with Gasteiger partial charge in [-0.05, 0) is 47.2 Å². The summed E-state index contributed by atoms with van der Waals surface area (Å²) in [4.78, 5) is 0. The van der Waals surface area contributed by atoms with Crippen molar-refractivity contribution in [3.8, 4) is 0 Å². The molecule has 0 saturated carbocycles. The van der Waals surface area contributed by atoms with Gasteiger partial charge in [0.2, 0.25) is 5.52 Å². The third-order valence-electron chi connectivity index (χ3n) is 7.10. The Labute approximate surface area is 173 Å². The second-order valence-electron chi connectivity index (χ2n) is 8.57. The Morgan fingerprint density at radius 3 is 2.13 bits per heavy atom. The van der Waals surface area contributed by atoms with Crippen LogP contribution in [0.5, 0.6) is 0 Å². The number of nitrogens with zero attached hydrogens (tertiary/aromatic N) is 2. The molecule has 0 aliphatic carbocycles. The van der Waals surface area contributed by atoms with Crippen LogP contribution in [-0.2, 0) is 7.05 Å². The van der Waals surface area contributed by atoms with E-state index in [1.54, 1.807) is 0 Å². The molecule has 0 N–H and O–H groups in total. The average molecular weight is 385 g/mol. The molecule has 0 unspecified atom stereocenters. The molecular formula is C28H21N2+. The minimum Gasteiger partial charge on any atom is -0.307 e. The van der Waals surface area contributed by atoms with E-state index in [1.165, 1.54) is 70.9 Å². The van der Waals surface area contributed by atoms with Gasteiger partial charge < -0.3 is 4.40 Å². The molecule has 30 heavy (non-hydrogen) atoms. The molecule has 3 heterocycles. The summed E-state index contributed by atoms with van der Waals surface area (Å²) in [5.74, 6) is 0. The lowest BCUT2D eigenvalue weighted by atomic mass is 9.93. The van der Waals surface area contributed by atoms with Gasteiger partial charge in [-0.2, -0.15) is 0 Å². The van der Waals surface area contributed by atoms with Gasteiger partial charge in [-0.3, -0.25) is 0 Å². The van der Waals surface area contributed by atoms with Crippen LogP contribution in [0.3, 0.4) is 0 Å². The molecule has 0 spiro atoms. The molecule has 0 aliphatic rings. The van der Waals surface area contributed by atoms with Crippen molar-refractivity contribution in [2.45, 2.75) is 13.8 Å². The minimum absolute atomic E-state index is 1.29. The topological polar surface area (TPSA) is 8.29 Å². The maximum atomic E-state index is 2.53. The largest absolute Gasteiger partial charge is 0.307 e. The molecule has 2 nitrogen and oxygen atoms in total. The van der Waals surface area contributed by atoms with Crippen LogP contribution in [0.15, 0.2) is 72.9 Å². The van der Waals surface area contributed by atoms with Crippen LogP contribution in [0, 0.1) is 13.8 Å². The zero-order valence-corrected chi connectivity index (χ0v) is 17.3. The van der Waals surface area contributed by atoms with E-state index in [-0.39, 0.29) is 0 Å². The number of fused-ring (bicyclic) bond motifs is 7. The van der Waals surface area contributed by atoms with Gasteiger partial charge in [0.25, 0.3) is 0 Å². The molecule has 0 bridgehead atoms. The fourth-order valence-corrected chi connectivity index (χ4v) is 5.77. The highest BCUT2D eigenvalue weighted by Crippen LogP contribution is 2.43. The fraction of sp³-hybridized carbons (Fsp3) is 0.107. The molecule has 0 fully saturated rings. The van der Waals surface area contributed by atoms with Gasteiger partial charge >= 0.3 is 0 Å². The summed E-state index contributed by atoms with van der Waals surface area (Å²) < 4.78 is 4.84. The number of aromatic nitrogens is 2. The first-order valence-corrected chi connectivity index (χ1v) is 10.5. The highest BCUT2D eigenvalue weighted by molar-refractivity contribution is 6.28. The molecule has 4 aromatic carbocycles. The van der Waals surface area contributed by atoms with Gasteiger partial charge in [0.05, 0.1) is 27.3 Å². The number of hydrogen-bond acceptors (Lipinski definition) is 0. The van der Waals surface area contributed by atoms with E-state index in [2.05, 4.69) is 103 Å². The molecule has 142 valence electrons. The molecular weight excluding hydrogens is 364 g/mol. The maximum absolute atomic E-state index is 2.53. The number of rotatable bonds is 0. The standard InChI is InChI=1S/C28H21N2/c1-16-19-8-4-5-9-20(19)17(2)26-24(16)28-25-18(14-15-29(28)3)12-13-22-21-10-6-7-11-23(21)30(26)27(22)25/h4-15H,1-3H3/q+1. The fourth-order valence-electron chi connectivity index (χ4n) is 5.77. The van der Waals surface area contributed by atoms with E-state index < -0.39 is 0 Å². The molecule has 7 aromatic rings. The first kappa shape index (κ1) is 16.2. The Kier molecular flexibility index (Phi) is 2.85. The van der Waals surface area contributed by atoms with Crippen LogP contribution in [0.1, 0.15) is 11.1 Å². The van der Waals surface area contributed by atoms with Crippen molar-refractivity contribution in [1.82, 2.24) is 4.40 Å².